The molecule has 0 saturated carbocycles. The number of H-pyrrole nitrogens is 1. The Labute approximate surface area is 75.1 Å². The lowest BCUT2D eigenvalue weighted by Gasteiger charge is -2.17. The Morgan fingerprint density at radius 3 is 3.15 bits per heavy atom. The van der Waals surface area contributed by atoms with E-state index in [1.165, 1.54) is 7.11 Å². The molecule has 1 aromatic heterocycles. The molecule has 0 bridgehead atoms. The fraction of sp³-hybridized carbons (Fsp3) is 0.500. The fourth-order valence-corrected chi connectivity index (χ4v) is 1.53. The first kappa shape index (κ1) is 8.25. The number of aromatic nitrogens is 2. The van der Waals surface area contributed by atoms with Crippen LogP contribution in [-0.2, 0) is 13.0 Å². The lowest BCUT2D eigenvalue weighted by Crippen LogP contribution is -2.29. The summed E-state index contributed by atoms with van der Waals surface area (Å²) in [5.41, 5.74) is 1.56. The summed E-state index contributed by atoms with van der Waals surface area (Å²) in [5.74, 6) is 0.459. The van der Waals surface area contributed by atoms with Gasteiger partial charge in [0.05, 0.1) is 7.11 Å². The number of hydrogen-bond donors (Lipinski definition) is 2. The van der Waals surface area contributed by atoms with Crippen LogP contribution in [-0.4, -0.2) is 23.6 Å². The molecule has 2 heterocycles. The number of fused-ring (bicyclic) bond motifs is 1. The van der Waals surface area contributed by atoms with E-state index in [4.69, 9.17) is 4.74 Å². The summed E-state index contributed by atoms with van der Waals surface area (Å²) >= 11 is 0. The van der Waals surface area contributed by atoms with Crippen molar-refractivity contribution in [3.63, 3.8) is 0 Å². The first-order chi connectivity index (χ1) is 6.31. The van der Waals surface area contributed by atoms with Crippen molar-refractivity contribution >= 4 is 0 Å². The zero-order valence-corrected chi connectivity index (χ0v) is 7.39. The molecule has 2 N–H and O–H groups in total. The molecular formula is C8H11N3O2. The Bertz CT molecular complexity index is 352. The van der Waals surface area contributed by atoms with Gasteiger partial charge in [0.15, 0.2) is 0 Å². The van der Waals surface area contributed by atoms with E-state index in [2.05, 4.69) is 15.3 Å². The summed E-state index contributed by atoms with van der Waals surface area (Å²) in [6.07, 6.45) is 0.849. The highest BCUT2D eigenvalue weighted by atomic mass is 16.5. The average Bonchev–Trinajstić information content (AvgIpc) is 2.16. The van der Waals surface area contributed by atoms with E-state index in [1.807, 2.05) is 0 Å². The molecule has 70 valence electrons. The Kier molecular flexibility index (Phi) is 2.02. The molecular weight excluding hydrogens is 170 g/mol. The third kappa shape index (κ3) is 1.42. The molecule has 0 amide bonds. The second kappa shape index (κ2) is 3.18. The monoisotopic (exact) mass is 181 g/mol. The summed E-state index contributed by atoms with van der Waals surface area (Å²) < 4.78 is 5.03. The Hall–Kier alpha value is -1.36. The topological polar surface area (TPSA) is 67.0 Å². The van der Waals surface area contributed by atoms with E-state index in [-0.39, 0.29) is 5.69 Å². The lowest BCUT2D eigenvalue weighted by atomic mass is 10.1. The maximum absolute atomic E-state index is 11.0. The van der Waals surface area contributed by atoms with Crippen LogP contribution in [0.25, 0.3) is 0 Å². The lowest BCUT2D eigenvalue weighted by molar-refractivity contribution is 0.384. The number of nitrogens with zero attached hydrogens (tertiary/aromatic N) is 1. The average molecular weight is 181 g/mol. The first-order valence-corrected chi connectivity index (χ1v) is 4.18. The van der Waals surface area contributed by atoms with Gasteiger partial charge in [-0.1, -0.05) is 0 Å². The van der Waals surface area contributed by atoms with E-state index in [0.29, 0.717) is 12.4 Å². The number of nitrogens with one attached hydrogen (secondary N) is 2. The highest BCUT2D eigenvalue weighted by Crippen LogP contribution is 2.18. The molecule has 0 unspecified atom stereocenters. The number of hydrogen-bond acceptors (Lipinski definition) is 4. The molecule has 0 spiro atoms. The van der Waals surface area contributed by atoms with Crippen LogP contribution in [0.2, 0.25) is 0 Å². The van der Waals surface area contributed by atoms with Gasteiger partial charge >= 0.3 is 5.69 Å². The minimum atomic E-state index is -0.348. The van der Waals surface area contributed by atoms with Gasteiger partial charge in [0.25, 0.3) is 0 Å². The van der Waals surface area contributed by atoms with Gasteiger partial charge in [-0.2, -0.15) is 4.98 Å². The number of aromatic amines is 1. The normalized spacial score (nSPS) is 15.2. The molecule has 1 aromatic rings. The molecule has 1 aliphatic heterocycles. The highest BCUT2D eigenvalue weighted by molar-refractivity contribution is 5.31. The molecule has 5 nitrogen and oxygen atoms in total. The third-order valence-electron chi connectivity index (χ3n) is 2.13. The molecule has 0 atom stereocenters. The number of ether oxygens (including phenoxy) is 1. The van der Waals surface area contributed by atoms with Crippen molar-refractivity contribution in [3.05, 3.63) is 21.7 Å². The molecule has 5 heteroatoms. The Morgan fingerprint density at radius 2 is 2.38 bits per heavy atom. The van der Waals surface area contributed by atoms with E-state index in [0.717, 1.165) is 24.2 Å². The molecule has 0 aromatic carbocycles. The van der Waals surface area contributed by atoms with E-state index in [1.54, 1.807) is 0 Å². The minimum absolute atomic E-state index is 0.348. The van der Waals surface area contributed by atoms with E-state index >= 15 is 0 Å². The van der Waals surface area contributed by atoms with Crippen molar-refractivity contribution in [2.75, 3.05) is 13.7 Å². The predicted octanol–water partition coefficient (Wildman–Crippen LogP) is -0.576. The van der Waals surface area contributed by atoms with Gasteiger partial charge in [0, 0.05) is 17.8 Å². The smallest absolute Gasteiger partial charge is 0.348 e. The van der Waals surface area contributed by atoms with Crippen LogP contribution in [0, 0.1) is 0 Å². The maximum atomic E-state index is 11.0. The van der Waals surface area contributed by atoms with Gasteiger partial charge in [0.1, 0.15) is 0 Å². The Balaban J connectivity index is 2.57. The second-order valence-corrected chi connectivity index (χ2v) is 2.94. The van der Waals surface area contributed by atoms with E-state index in [9.17, 15) is 4.79 Å². The first-order valence-electron chi connectivity index (χ1n) is 4.18. The standard InChI is InChI=1S/C8H11N3O2/c1-13-7-5-2-3-9-4-6(5)10-8(12)11-7/h9H,2-4H2,1H3,(H,10,11,12). The predicted molar refractivity (Wildman–Crippen MR) is 46.8 cm³/mol. The third-order valence-corrected chi connectivity index (χ3v) is 2.13. The maximum Gasteiger partial charge on any atom is 0.348 e. The molecule has 0 aliphatic carbocycles. The summed E-state index contributed by atoms with van der Waals surface area (Å²) in [6, 6.07) is 0. The van der Waals surface area contributed by atoms with Crippen LogP contribution in [0.15, 0.2) is 4.79 Å². The molecule has 1 aliphatic rings. The summed E-state index contributed by atoms with van der Waals surface area (Å²) in [4.78, 5) is 17.5. The summed E-state index contributed by atoms with van der Waals surface area (Å²) in [6.45, 7) is 1.58. The summed E-state index contributed by atoms with van der Waals surface area (Å²) in [5, 5.41) is 3.17. The van der Waals surface area contributed by atoms with Crippen LogP contribution >= 0.6 is 0 Å². The second-order valence-electron chi connectivity index (χ2n) is 2.94. The van der Waals surface area contributed by atoms with Crippen molar-refractivity contribution in [3.8, 4) is 5.88 Å². The minimum Gasteiger partial charge on any atom is -0.481 e. The zero-order valence-electron chi connectivity index (χ0n) is 7.39. The van der Waals surface area contributed by atoms with Crippen LogP contribution in [0.5, 0.6) is 5.88 Å². The van der Waals surface area contributed by atoms with Crippen molar-refractivity contribution in [1.29, 1.82) is 0 Å². The van der Waals surface area contributed by atoms with Crippen molar-refractivity contribution in [2.45, 2.75) is 13.0 Å². The molecule has 2 rings (SSSR count). The SMILES string of the molecule is COc1nc(=O)[nH]c2c1CCNC2. The highest BCUT2D eigenvalue weighted by Gasteiger charge is 2.15. The van der Waals surface area contributed by atoms with Gasteiger partial charge in [-0.15, -0.1) is 0 Å². The van der Waals surface area contributed by atoms with Crippen LogP contribution in [0.3, 0.4) is 0 Å². The quantitative estimate of drug-likeness (QED) is 0.608. The molecule has 0 saturated heterocycles. The van der Waals surface area contributed by atoms with Crippen molar-refractivity contribution in [2.24, 2.45) is 0 Å². The number of rotatable bonds is 1. The van der Waals surface area contributed by atoms with Gasteiger partial charge in [-0.25, -0.2) is 4.79 Å². The van der Waals surface area contributed by atoms with Crippen molar-refractivity contribution < 1.29 is 4.74 Å². The molecule has 0 radical (unpaired) electrons. The van der Waals surface area contributed by atoms with Crippen LogP contribution < -0.4 is 15.7 Å². The Morgan fingerprint density at radius 1 is 1.54 bits per heavy atom. The molecule has 13 heavy (non-hydrogen) atoms. The van der Waals surface area contributed by atoms with Gasteiger partial charge in [-0.05, 0) is 13.0 Å². The van der Waals surface area contributed by atoms with Crippen LogP contribution in [0.4, 0.5) is 0 Å². The summed E-state index contributed by atoms with van der Waals surface area (Å²) in [7, 11) is 1.53. The largest absolute Gasteiger partial charge is 0.481 e. The zero-order chi connectivity index (χ0) is 9.26. The van der Waals surface area contributed by atoms with Gasteiger partial charge in [0.2, 0.25) is 5.88 Å². The molecule has 0 fully saturated rings. The number of methoxy groups -OCH3 is 1. The van der Waals surface area contributed by atoms with Crippen molar-refractivity contribution in [1.82, 2.24) is 15.3 Å². The van der Waals surface area contributed by atoms with Gasteiger partial charge in [-0.3, -0.25) is 0 Å². The van der Waals surface area contributed by atoms with Crippen LogP contribution in [0.1, 0.15) is 11.3 Å². The fourth-order valence-electron chi connectivity index (χ4n) is 1.53. The van der Waals surface area contributed by atoms with E-state index < -0.39 is 0 Å². The van der Waals surface area contributed by atoms with Gasteiger partial charge < -0.3 is 15.0 Å².